The van der Waals surface area contributed by atoms with Gasteiger partial charge in [0.25, 0.3) is 5.91 Å². The molecule has 0 saturated heterocycles. The quantitative estimate of drug-likeness (QED) is 0.870. The molecule has 1 atom stereocenters. The molecular weight excluding hydrogens is 256 g/mol. The van der Waals surface area contributed by atoms with Gasteiger partial charge >= 0.3 is 0 Å². The van der Waals surface area contributed by atoms with E-state index in [0.29, 0.717) is 17.1 Å². The minimum Gasteiger partial charge on any atom is -0.479 e. The monoisotopic (exact) mass is 274 g/mol. The molecule has 1 aliphatic heterocycles. The zero-order chi connectivity index (χ0) is 14.1. The van der Waals surface area contributed by atoms with E-state index in [9.17, 15) is 9.59 Å². The Kier molecular flexibility index (Phi) is 3.34. The highest BCUT2D eigenvalue weighted by molar-refractivity contribution is 6.04. The van der Waals surface area contributed by atoms with Crippen LogP contribution in [-0.2, 0) is 9.59 Å². The molecule has 5 heteroatoms. The van der Waals surface area contributed by atoms with Crippen LogP contribution in [0.5, 0.6) is 5.75 Å². The van der Waals surface area contributed by atoms with Crippen molar-refractivity contribution in [2.45, 2.75) is 38.7 Å². The fourth-order valence-corrected chi connectivity index (χ4v) is 2.75. The first-order valence-corrected chi connectivity index (χ1v) is 7.06. The molecule has 2 aliphatic rings. The number of para-hydroxylation sites is 1. The summed E-state index contributed by atoms with van der Waals surface area (Å²) in [6.45, 7) is 1.70. The van der Waals surface area contributed by atoms with E-state index in [0.717, 1.165) is 25.7 Å². The van der Waals surface area contributed by atoms with Crippen molar-refractivity contribution in [2.75, 3.05) is 10.6 Å². The zero-order valence-corrected chi connectivity index (χ0v) is 11.4. The summed E-state index contributed by atoms with van der Waals surface area (Å²) >= 11 is 0. The number of hydrogen-bond acceptors (Lipinski definition) is 3. The first-order valence-electron chi connectivity index (χ1n) is 7.06. The third-order valence-corrected chi connectivity index (χ3v) is 3.93. The van der Waals surface area contributed by atoms with E-state index in [1.54, 1.807) is 19.1 Å². The number of carbonyl (C=O) groups excluding carboxylic acids is 2. The topological polar surface area (TPSA) is 67.4 Å². The number of hydrogen-bond donors (Lipinski definition) is 2. The van der Waals surface area contributed by atoms with Gasteiger partial charge in [0.1, 0.15) is 11.4 Å². The Bertz CT molecular complexity index is 550. The van der Waals surface area contributed by atoms with Crippen molar-refractivity contribution in [3.05, 3.63) is 18.2 Å². The van der Waals surface area contributed by atoms with E-state index in [1.807, 2.05) is 6.07 Å². The second kappa shape index (κ2) is 5.15. The van der Waals surface area contributed by atoms with Crippen molar-refractivity contribution in [1.29, 1.82) is 0 Å². The van der Waals surface area contributed by atoms with Gasteiger partial charge in [-0.3, -0.25) is 9.59 Å². The molecule has 1 aromatic carbocycles. The van der Waals surface area contributed by atoms with E-state index in [1.165, 1.54) is 0 Å². The van der Waals surface area contributed by atoms with Crippen LogP contribution in [0.3, 0.4) is 0 Å². The molecule has 106 valence electrons. The highest BCUT2D eigenvalue weighted by Gasteiger charge is 2.28. The minimum absolute atomic E-state index is 0.0313. The van der Waals surface area contributed by atoms with Gasteiger partial charge in [0.2, 0.25) is 5.91 Å². The molecule has 2 amide bonds. The van der Waals surface area contributed by atoms with Gasteiger partial charge in [-0.1, -0.05) is 18.9 Å². The highest BCUT2D eigenvalue weighted by Crippen LogP contribution is 2.37. The van der Waals surface area contributed by atoms with E-state index in [2.05, 4.69) is 10.6 Å². The van der Waals surface area contributed by atoms with Crippen LogP contribution in [0.2, 0.25) is 0 Å². The van der Waals surface area contributed by atoms with Crippen LogP contribution in [0.15, 0.2) is 18.2 Å². The van der Waals surface area contributed by atoms with Gasteiger partial charge < -0.3 is 15.4 Å². The molecule has 1 saturated carbocycles. The highest BCUT2D eigenvalue weighted by atomic mass is 16.5. The molecule has 0 aromatic heterocycles. The van der Waals surface area contributed by atoms with Crippen molar-refractivity contribution in [3.8, 4) is 5.75 Å². The number of anilines is 2. The van der Waals surface area contributed by atoms with Crippen molar-refractivity contribution in [3.63, 3.8) is 0 Å². The van der Waals surface area contributed by atoms with Gasteiger partial charge in [-0.05, 0) is 31.9 Å². The maximum atomic E-state index is 12.2. The summed E-state index contributed by atoms with van der Waals surface area (Å²) < 4.78 is 5.53. The third-order valence-electron chi connectivity index (χ3n) is 3.93. The number of rotatable bonds is 2. The molecule has 1 aliphatic carbocycles. The number of fused-ring (bicyclic) bond motifs is 1. The van der Waals surface area contributed by atoms with Gasteiger partial charge in [-0.25, -0.2) is 0 Å². The number of ether oxygens (including phenoxy) is 1. The van der Waals surface area contributed by atoms with Crippen molar-refractivity contribution < 1.29 is 14.3 Å². The number of benzene rings is 1. The molecule has 1 fully saturated rings. The van der Waals surface area contributed by atoms with Crippen LogP contribution in [0.4, 0.5) is 11.4 Å². The van der Waals surface area contributed by atoms with Gasteiger partial charge in [-0.15, -0.1) is 0 Å². The average molecular weight is 274 g/mol. The SMILES string of the molecule is CC1Oc2cccc(NC(=O)C3CCCC3)c2NC1=O. The number of nitrogens with one attached hydrogen (secondary N) is 2. The number of carbonyl (C=O) groups is 2. The van der Waals surface area contributed by atoms with Gasteiger partial charge in [0.15, 0.2) is 6.10 Å². The Hall–Kier alpha value is -2.04. The third kappa shape index (κ3) is 2.35. The Labute approximate surface area is 117 Å². The smallest absolute Gasteiger partial charge is 0.265 e. The Morgan fingerprint density at radius 3 is 2.85 bits per heavy atom. The van der Waals surface area contributed by atoms with Gasteiger partial charge in [-0.2, -0.15) is 0 Å². The average Bonchev–Trinajstić information content (AvgIpc) is 2.95. The molecule has 3 rings (SSSR count). The largest absolute Gasteiger partial charge is 0.479 e. The van der Waals surface area contributed by atoms with Crippen LogP contribution in [0, 0.1) is 5.92 Å². The molecule has 1 heterocycles. The molecule has 0 bridgehead atoms. The molecule has 2 N–H and O–H groups in total. The molecular formula is C15H18N2O3. The zero-order valence-electron chi connectivity index (χ0n) is 11.4. The van der Waals surface area contributed by atoms with Crippen LogP contribution in [0.1, 0.15) is 32.6 Å². The van der Waals surface area contributed by atoms with E-state index in [-0.39, 0.29) is 17.7 Å². The van der Waals surface area contributed by atoms with E-state index < -0.39 is 6.10 Å². The summed E-state index contributed by atoms with van der Waals surface area (Å²) in [4.78, 5) is 23.9. The van der Waals surface area contributed by atoms with E-state index >= 15 is 0 Å². The molecule has 0 radical (unpaired) electrons. The Balaban J connectivity index is 1.82. The summed E-state index contributed by atoms with van der Waals surface area (Å²) in [5.74, 6) is 0.523. The van der Waals surface area contributed by atoms with Gasteiger partial charge in [0.05, 0.1) is 5.69 Å². The lowest BCUT2D eigenvalue weighted by Crippen LogP contribution is -2.35. The molecule has 1 aromatic rings. The van der Waals surface area contributed by atoms with Crippen LogP contribution in [-0.4, -0.2) is 17.9 Å². The Morgan fingerprint density at radius 2 is 2.10 bits per heavy atom. The van der Waals surface area contributed by atoms with Crippen molar-refractivity contribution >= 4 is 23.2 Å². The predicted molar refractivity (Wildman–Crippen MR) is 75.7 cm³/mol. The van der Waals surface area contributed by atoms with Gasteiger partial charge in [0, 0.05) is 5.92 Å². The lowest BCUT2D eigenvalue weighted by Gasteiger charge is -2.25. The van der Waals surface area contributed by atoms with E-state index in [4.69, 9.17) is 4.74 Å². The van der Waals surface area contributed by atoms with Crippen LogP contribution >= 0.6 is 0 Å². The first-order chi connectivity index (χ1) is 9.65. The summed E-state index contributed by atoms with van der Waals surface area (Å²) in [6, 6.07) is 5.38. The minimum atomic E-state index is -0.511. The van der Waals surface area contributed by atoms with Crippen LogP contribution < -0.4 is 15.4 Å². The fraction of sp³-hybridized carbons (Fsp3) is 0.467. The summed E-state index contributed by atoms with van der Waals surface area (Å²) in [7, 11) is 0. The standard InChI is InChI=1S/C15H18N2O3/c1-9-14(18)17-13-11(7-4-8-12(13)20-9)16-15(19)10-5-2-3-6-10/h4,7-10H,2-3,5-6H2,1H3,(H,16,19)(H,17,18). The lowest BCUT2D eigenvalue weighted by molar-refractivity contribution is -0.123. The molecule has 1 unspecified atom stereocenters. The van der Waals surface area contributed by atoms with Crippen LogP contribution in [0.25, 0.3) is 0 Å². The summed E-state index contributed by atoms with van der Waals surface area (Å²) in [5, 5.41) is 5.71. The Morgan fingerprint density at radius 1 is 1.35 bits per heavy atom. The molecule has 0 spiro atoms. The maximum Gasteiger partial charge on any atom is 0.265 e. The second-order valence-corrected chi connectivity index (χ2v) is 5.40. The predicted octanol–water partition coefficient (Wildman–Crippen LogP) is 2.53. The maximum absolute atomic E-state index is 12.2. The summed E-state index contributed by atoms with van der Waals surface area (Å²) in [6.07, 6.45) is 3.61. The first kappa shape index (κ1) is 13.0. The molecule has 20 heavy (non-hydrogen) atoms. The van der Waals surface area contributed by atoms with Crippen molar-refractivity contribution in [2.24, 2.45) is 5.92 Å². The molecule has 5 nitrogen and oxygen atoms in total. The normalized spacial score (nSPS) is 21.9. The summed E-state index contributed by atoms with van der Waals surface area (Å²) in [5.41, 5.74) is 1.17. The fourth-order valence-electron chi connectivity index (χ4n) is 2.75. The number of amides is 2. The second-order valence-electron chi connectivity index (χ2n) is 5.40. The lowest BCUT2D eigenvalue weighted by atomic mass is 10.1. The van der Waals surface area contributed by atoms with Crippen molar-refractivity contribution in [1.82, 2.24) is 0 Å².